The van der Waals surface area contributed by atoms with E-state index in [1.165, 1.54) is 0 Å². The summed E-state index contributed by atoms with van der Waals surface area (Å²) in [6.45, 7) is 0.593. The van der Waals surface area contributed by atoms with Crippen LogP contribution >= 0.6 is 8.60 Å². The fraction of sp³-hybridized carbons (Fsp3) is 0.143. The number of benzene rings is 2. The average molecular weight is 268 g/mol. The molecule has 0 unspecified atom stereocenters. The summed E-state index contributed by atoms with van der Waals surface area (Å²) in [5.41, 5.74) is 1.95. The second-order valence-electron chi connectivity index (χ2n) is 3.74. The van der Waals surface area contributed by atoms with E-state index in [2.05, 4.69) is 0 Å². The van der Waals surface area contributed by atoms with Gasteiger partial charge in [0.1, 0.15) is 0 Å². The molecule has 0 aromatic heterocycles. The van der Waals surface area contributed by atoms with Crippen molar-refractivity contribution < 1.29 is 32.8 Å². The summed E-state index contributed by atoms with van der Waals surface area (Å²) in [7, 11) is -2.08. The van der Waals surface area contributed by atoms with Crippen LogP contribution < -0.4 is 23.8 Å². The first-order chi connectivity index (χ1) is 8.84. The second-order valence-corrected chi connectivity index (χ2v) is 4.71. The van der Waals surface area contributed by atoms with Gasteiger partial charge in [0.15, 0.2) is 0 Å². The largest absolute Gasteiger partial charge is 1.00 e. The minimum atomic E-state index is -2.08. The van der Waals surface area contributed by atoms with Gasteiger partial charge in [-0.2, -0.15) is 0 Å². The van der Waals surface area contributed by atoms with Gasteiger partial charge in [0.2, 0.25) is 0 Å². The van der Waals surface area contributed by atoms with Crippen LogP contribution in [0.5, 0.6) is 0 Å². The van der Waals surface area contributed by atoms with E-state index >= 15 is 0 Å². The Kier molecular flexibility index (Phi) is 8.01. The summed E-state index contributed by atoms with van der Waals surface area (Å²) in [6, 6.07) is 19.2. The van der Waals surface area contributed by atoms with Crippen molar-refractivity contribution in [2.24, 2.45) is 0 Å². The molecule has 0 bridgehead atoms. The fourth-order valence-electron chi connectivity index (χ4n) is 1.44. The van der Waals surface area contributed by atoms with E-state index in [1.807, 2.05) is 60.7 Å². The van der Waals surface area contributed by atoms with E-state index < -0.39 is 8.60 Å². The monoisotopic (exact) mass is 268 g/mol. The van der Waals surface area contributed by atoms with E-state index in [0.29, 0.717) is 13.2 Å². The number of rotatable bonds is 6. The van der Waals surface area contributed by atoms with Crippen LogP contribution in [0, 0.1) is 0 Å². The van der Waals surface area contributed by atoms with E-state index in [9.17, 15) is 4.89 Å². The van der Waals surface area contributed by atoms with Crippen molar-refractivity contribution in [2.45, 2.75) is 13.2 Å². The van der Waals surface area contributed by atoms with Gasteiger partial charge in [-0.3, -0.25) is 0 Å². The van der Waals surface area contributed by atoms with Crippen LogP contribution in [0.4, 0.5) is 0 Å². The zero-order valence-corrected chi connectivity index (χ0v) is 11.8. The molecule has 19 heavy (non-hydrogen) atoms. The van der Waals surface area contributed by atoms with Crippen molar-refractivity contribution in [3.8, 4) is 0 Å². The normalized spacial score (nSPS) is 10.2. The molecule has 0 radical (unpaired) electrons. The Morgan fingerprint density at radius 2 is 1.11 bits per heavy atom. The Hall–Kier alpha value is -0.653. The third-order valence-corrected chi connectivity index (χ3v) is 3.04. The summed E-state index contributed by atoms with van der Waals surface area (Å²) >= 11 is 0. The van der Waals surface area contributed by atoms with Crippen LogP contribution in [0.2, 0.25) is 0 Å². The molecule has 0 N–H and O–H groups in total. The molecular formula is C14H14LiO3P. The maximum Gasteiger partial charge on any atom is 1.00 e. The molecule has 94 valence electrons. The van der Waals surface area contributed by atoms with Gasteiger partial charge in [-0.15, -0.1) is 0 Å². The Balaban J connectivity index is 0.00000180. The topological polar surface area (TPSA) is 41.5 Å². The number of hydrogen-bond donors (Lipinski definition) is 0. The van der Waals surface area contributed by atoms with Crippen molar-refractivity contribution in [1.29, 1.82) is 0 Å². The van der Waals surface area contributed by atoms with Crippen LogP contribution in [-0.2, 0) is 22.3 Å². The quantitative estimate of drug-likeness (QED) is 0.547. The van der Waals surface area contributed by atoms with Gasteiger partial charge in [-0.05, 0) is 11.1 Å². The SMILES string of the molecule is [Li+].[O-]P(OCc1ccccc1)OCc1ccccc1. The predicted octanol–water partition coefficient (Wildman–Crippen LogP) is 0.0112. The molecule has 2 aromatic rings. The Morgan fingerprint density at radius 3 is 1.47 bits per heavy atom. The standard InChI is InChI=1S/C14H14O3P.Li/c15-18(16-11-13-7-3-1-4-8-13)17-12-14-9-5-2-6-10-14;/h1-10H,11-12H2;/q-1;+1. The Labute approximate surface area is 126 Å². The van der Waals surface area contributed by atoms with E-state index in [0.717, 1.165) is 11.1 Å². The van der Waals surface area contributed by atoms with Gasteiger partial charge < -0.3 is 13.9 Å². The molecule has 0 saturated heterocycles. The van der Waals surface area contributed by atoms with Gasteiger partial charge in [-0.25, -0.2) is 0 Å². The molecule has 0 heterocycles. The molecule has 0 aliphatic heterocycles. The molecule has 0 atom stereocenters. The van der Waals surface area contributed by atoms with Crippen LogP contribution in [0.1, 0.15) is 11.1 Å². The van der Waals surface area contributed by atoms with Crippen LogP contribution in [0.25, 0.3) is 0 Å². The van der Waals surface area contributed by atoms with Crippen LogP contribution in [0.3, 0.4) is 0 Å². The molecule has 0 saturated carbocycles. The molecule has 2 aromatic carbocycles. The van der Waals surface area contributed by atoms with Crippen molar-refractivity contribution >= 4 is 8.60 Å². The Morgan fingerprint density at radius 1 is 0.737 bits per heavy atom. The van der Waals surface area contributed by atoms with Gasteiger partial charge in [-0.1, -0.05) is 60.7 Å². The van der Waals surface area contributed by atoms with Gasteiger partial charge in [0.25, 0.3) is 0 Å². The molecule has 2 rings (SSSR count). The summed E-state index contributed by atoms with van der Waals surface area (Å²) in [5, 5.41) is 0. The third-order valence-electron chi connectivity index (χ3n) is 2.36. The summed E-state index contributed by atoms with van der Waals surface area (Å²) < 4.78 is 10.3. The molecule has 0 fully saturated rings. The summed E-state index contributed by atoms with van der Waals surface area (Å²) in [5.74, 6) is 0. The van der Waals surface area contributed by atoms with E-state index in [-0.39, 0.29) is 18.9 Å². The fourth-order valence-corrected chi connectivity index (χ4v) is 2.02. The van der Waals surface area contributed by atoms with Gasteiger partial charge in [0, 0.05) is 0 Å². The van der Waals surface area contributed by atoms with Crippen molar-refractivity contribution in [3.05, 3.63) is 71.8 Å². The van der Waals surface area contributed by atoms with Crippen molar-refractivity contribution in [1.82, 2.24) is 0 Å². The first kappa shape index (κ1) is 16.4. The molecular weight excluding hydrogens is 254 g/mol. The predicted molar refractivity (Wildman–Crippen MR) is 69.4 cm³/mol. The third kappa shape index (κ3) is 6.36. The Bertz CT molecular complexity index is 409. The second kappa shape index (κ2) is 9.28. The first-order valence-electron chi connectivity index (χ1n) is 5.65. The molecule has 0 amide bonds. The van der Waals surface area contributed by atoms with Crippen molar-refractivity contribution in [2.75, 3.05) is 0 Å². The maximum absolute atomic E-state index is 11.5. The number of hydrogen-bond acceptors (Lipinski definition) is 3. The average Bonchev–Trinajstić information content (AvgIpc) is 2.45. The smallest absolute Gasteiger partial charge is 0.786 e. The zero-order valence-electron chi connectivity index (χ0n) is 10.9. The minimum Gasteiger partial charge on any atom is -0.786 e. The van der Waals surface area contributed by atoms with Crippen LogP contribution in [-0.4, -0.2) is 0 Å². The summed E-state index contributed by atoms with van der Waals surface area (Å²) in [6.07, 6.45) is 0. The minimum absolute atomic E-state index is 0. The molecule has 0 spiro atoms. The maximum atomic E-state index is 11.5. The molecule has 5 heteroatoms. The summed E-state index contributed by atoms with van der Waals surface area (Å²) in [4.78, 5) is 11.5. The molecule has 3 nitrogen and oxygen atoms in total. The van der Waals surface area contributed by atoms with Gasteiger partial charge >= 0.3 is 18.9 Å². The first-order valence-corrected chi connectivity index (χ1v) is 6.75. The van der Waals surface area contributed by atoms with Crippen molar-refractivity contribution in [3.63, 3.8) is 0 Å². The van der Waals surface area contributed by atoms with Crippen LogP contribution in [0.15, 0.2) is 60.7 Å². The zero-order chi connectivity index (χ0) is 12.6. The molecule has 0 aliphatic rings. The van der Waals surface area contributed by atoms with E-state index in [1.54, 1.807) is 0 Å². The molecule has 0 aliphatic carbocycles. The van der Waals surface area contributed by atoms with Gasteiger partial charge in [0.05, 0.1) is 21.8 Å². The van der Waals surface area contributed by atoms with E-state index in [4.69, 9.17) is 9.05 Å².